The van der Waals surface area contributed by atoms with Crippen LogP contribution in [0.5, 0.6) is 5.75 Å². The van der Waals surface area contributed by atoms with Crippen molar-refractivity contribution in [1.82, 2.24) is 0 Å². The molecule has 1 fully saturated rings. The second-order valence-electron chi connectivity index (χ2n) is 7.16. The lowest BCUT2D eigenvalue weighted by Crippen LogP contribution is -2.47. The quantitative estimate of drug-likeness (QED) is 0.419. The first kappa shape index (κ1) is 23.0. The maximum atomic E-state index is 13.5. The lowest BCUT2D eigenvalue weighted by molar-refractivity contribution is -0.123. The number of nitrogens with two attached hydrogens (primary N) is 1. The molecule has 1 unspecified atom stereocenters. The third kappa shape index (κ3) is 5.85. The summed E-state index contributed by atoms with van der Waals surface area (Å²) < 4.78 is 24.5. The fraction of sp³-hybridized carbons (Fsp3) is 0.600. The van der Waals surface area contributed by atoms with E-state index in [2.05, 4.69) is 0 Å². The molecule has 28 heavy (non-hydrogen) atoms. The second kappa shape index (κ2) is 10.5. The Kier molecular flexibility index (Phi) is 8.59. The number of rotatable bonds is 11. The van der Waals surface area contributed by atoms with Crippen LogP contribution in [0.4, 0.5) is 0 Å². The summed E-state index contributed by atoms with van der Waals surface area (Å²) in [7, 11) is 0. The summed E-state index contributed by atoms with van der Waals surface area (Å²) in [6, 6.07) is 7.31. The molecule has 0 radical (unpaired) electrons. The van der Waals surface area contributed by atoms with Crippen LogP contribution in [0.15, 0.2) is 29.2 Å². The molecule has 2 rings (SSSR count). The topological polar surface area (TPSA) is 95.7 Å². The van der Waals surface area contributed by atoms with Crippen molar-refractivity contribution in [3.63, 3.8) is 0 Å². The van der Waals surface area contributed by atoms with Crippen LogP contribution < -0.4 is 10.5 Å². The van der Waals surface area contributed by atoms with Gasteiger partial charge >= 0.3 is 0 Å². The van der Waals surface area contributed by atoms with E-state index in [1.807, 2.05) is 31.2 Å². The molecule has 1 atom stereocenters. The number of ether oxygens (including phenoxy) is 2. The molecule has 0 bridgehead atoms. The summed E-state index contributed by atoms with van der Waals surface area (Å²) in [5.74, 6) is 0.466. The molecule has 1 saturated heterocycles. The molecule has 1 aliphatic heterocycles. The molecular weight excluding hydrogens is 397 g/mol. The Morgan fingerprint density at radius 3 is 2.43 bits per heavy atom. The fourth-order valence-electron chi connectivity index (χ4n) is 3.31. The van der Waals surface area contributed by atoms with E-state index in [0.29, 0.717) is 57.7 Å². The van der Waals surface area contributed by atoms with Crippen molar-refractivity contribution >= 4 is 29.4 Å². The molecule has 1 heterocycles. The third-order valence-corrected chi connectivity index (χ3v) is 10.8. The summed E-state index contributed by atoms with van der Waals surface area (Å²) >= 11 is 1.22. The monoisotopic (exact) mass is 427 g/mol. The van der Waals surface area contributed by atoms with Crippen molar-refractivity contribution in [2.45, 2.75) is 55.5 Å². The van der Waals surface area contributed by atoms with E-state index in [1.165, 1.54) is 11.4 Å². The number of Topliss-reactive ketones (excluding diaryl/α,β-unsaturated/α-hetero) is 1. The second-order valence-corrected chi connectivity index (χ2v) is 13.0. The molecular formula is C20H30NO5PS. The van der Waals surface area contributed by atoms with Crippen LogP contribution in [0.25, 0.3) is 0 Å². The predicted octanol–water partition coefficient (Wildman–Crippen LogP) is 4.25. The van der Waals surface area contributed by atoms with Crippen molar-refractivity contribution in [3.8, 4) is 5.75 Å². The van der Waals surface area contributed by atoms with Gasteiger partial charge in [-0.1, -0.05) is 18.3 Å². The highest BCUT2D eigenvalue weighted by molar-refractivity contribution is 8.58. The van der Waals surface area contributed by atoms with Crippen LogP contribution in [0.2, 0.25) is 0 Å². The number of carbonyl (C=O) groups is 2. The van der Waals surface area contributed by atoms with Gasteiger partial charge in [-0.25, -0.2) is 0 Å². The first-order chi connectivity index (χ1) is 13.3. The van der Waals surface area contributed by atoms with Crippen LogP contribution in [-0.4, -0.2) is 43.3 Å². The van der Waals surface area contributed by atoms with Gasteiger partial charge in [-0.2, -0.15) is 0 Å². The first-order valence-corrected chi connectivity index (χ1v) is 13.3. The molecule has 1 aromatic rings. The molecule has 0 aromatic heterocycles. The van der Waals surface area contributed by atoms with E-state index in [4.69, 9.17) is 15.2 Å². The minimum absolute atomic E-state index is 0.271. The molecule has 6 nitrogen and oxygen atoms in total. The van der Waals surface area contributed by atoms with Gasteiger partial charge in [0.1, 0.15) is 16.7 Å². The minimum atomic E-state index is -2.95. The van der Waals surface area contributed by atoms with Crippen molar-refractivity contribution in [3.05, 3.63) is 24.3 Å². The van der Waals surface area contributed by atoms with Gasteiger partial charge in [0, 0.05) is 31.0 Å². The van der Waals surface area contributed by atoms with Gasteiger partial charge in [-0.3, -0.25) is 9.59 Å². The summed E-state index contributed by atoms with van der Waals surface area (Å²) in [6.45, 7) is 4.92. The lowest BCUT2D eigenvalue weighted by Gasteiger charge is -2.38. The Balaban J connectivity index is 1.93. The zero-order valence-corrected chi connectivity index (χ0v) is 18.4. The number of benzene rings is 1. The van der Waals surface area contributed by atoms with E-state index >= 15 is 0 Å². The Bertz CT molecular complexity index is 716. The van der Waals surface area contributed by atoms with Crippen molar-refractivity contribution < 1.29 is 23.6 Å². The smallest absolute Gasteiger partial charge is 0.232 e. The molecule has 156 valence electrons. The molecule has 2 N–H and O–H groups in total. The van der Waals surface area contributed by atoms with Gasteiger partial charge in [-0.05, 0) is 56.6 Å². The standard InChI is InChI=1S/C20H30NO5PS/c1-3-5-16(22)6-4-13-26-17-7-9-18(10-8-17)28-27(2,24)20(19(21)23)11-14-25-15-12-20/h7-10H,3-6,11-15H2,1-2H3,(H2,21,23). The van der Waals surface area contributed by atoms with Crippen LogP contribution in [0.3, 0.4) is 0 Å². The van der Waals surface area contributed by atoms with Crippen LogP contribution >= 0.6 is 17.7 Å². The van der Waals surface area contributed by atoms with Gasteiger partial charge in [0.15, 0.2) is 6.34 Å². The van der Waals surface area contributed by atoms with Crippen LogP contribution in [-0.2, 0) is 18.9 Å². The number of hydrogen-bond acceptors (Lipinski definition) is 6. The number of amides is 1. The van der Waals surface area contributed by atoms with Crippen LogP contribution in [0, 0.1) is 0 Å². The maximum Gasteiger partial charge on any atom is 0.232 e. The minimum Gasteiger partial charge on any atom is -0.494 e. The largest absolute Gasteiger partial charge is 0.494 e. The van der Waals surface area contributed by atoms with Crippen molar-refractivity contribution in [2.24, 2.45) is 5.73 Å². The van der Waals surface area contributed by atoms with Gasteiger partial charge in [0.05, 0.1) is 6.61 Å². The zero-order chi connectivity index (χ0) is 20.6. The summed E-state index contributed by atoms with van der Waals surface area (Å²) in [6.07, 6.45) is 0.572. The molecule has 8 heteroatoms. The highest BCUT2D eigenvalue weighted by atomic mass is 32.7. The lowest BCUT2D eigenvalue weighted by atomic mass is 9.98. The Morgan fingerprint density at radius 1 is 1.21 bits per heavy atom. The van der Waals surface area contributed by atoms with Gasteiger partial charge in [0.25, 0.3) is 0 Å². The molecule has 0 saturated carbocycles. The van der Waals surface area contributed by atoms with E-state index in [0.717, 1.165) is 11.3 Å². The normalized spacial score (nSPS) is 18.2. The number of carbonyl (C=O) groups excluding carboxylic acids is 2. The van der Waals surface area contributed by atoms with E-state index in [1.54, 1.807) is 6.66 Å². The van der Waals surface area contributed by atoms with Crippen molar-refractivity contribution in [1.29, 1.82) is 0 Å². The number of ketones is 1. The maximum absolute atomic E-state index is 13.5. The van der Waals surface area contributed by atoms with E-state index in [9.17, 15) is 14.2 Å². The molecule has 0 spiro atoms. The molecule has 0 aliphatic carbocycles. The summed E-state index contributed by atoms with van der Waals surface area (Å²) in [5, 5.41) is -1.02. The third-order valence-electron chi connectivity index (χ3n) is 5.06. The number of hydrogen-bond donors (Lipinski definition) is 1. The average molecular weight is 428 g/mol. The average Bonchev–Trinajstić information content (AvgIpc) is 2.67. The predicted molar refractivity (Wildman–Crippen MR) is 112 cm³/mol. The van der Waals surface area contributed by atoms with E-state index < -0.39 is 17.4 Å². The SMILES string of the molecule is CCCC(=O)CCCOc1ccc(SP(C)(=O)C2(C(N)=O)CCOCC2)cc1. The zero-order valence-electron chi connectivity index (χ0n) is 16.6. The highest BCUT2D eigenvalue weighted by Gasteiger charge is 2.51. The Morgan fingerprint density at radius 2 is 1.86 bits per heavy atom. The molecule has 1 aliphatic rings. The Hall–Kier alpha value is -1.30. The molecule has 1 aromatic carbocycles. The highest BCUT2D eigenvalue weighted by Crippen LogP contribution is 2.70. The first-order valence-electron chi connectivity index (χ1n) is 9.70. The van der Waals surface area contributed by atoms with Gasteiger partial charge in [-0.15, -0.1) is 0 Å². The van der Waals surface area contributed by atoms with Gasteiger partial charge < -0.3 is 19.8 Å². The van der Waals surface area contributed by atoms with Crippen LogP contribution in [0.1, 0.15) is 45.4 Å². The van der Waals surface area contributed by atoms with Crippen molar-refractivity contribution in [2.75, 3.05) is 26.5 Å². The fourth-order valence-corrected chi connectivity index (χ4v) is 8.45. The number of primary amides is 1. The van der Waals surface area contributed by atoms with Gasteiger partial charge in [0.2, 0.25) is 5.91 Å². The molecule has 1 amide bonds. The summed E-state index contributed by atoms with van der Waals surface area (Å²) in [4.78, 5) is 24.5. The Labute approximate surface area is 171 Å². The van der Waals surface area contributed by atoms with E-state index in [-0.39, 0.29) is 5.78 Å². The summed E-state index contributed by atoms with van der Waals surface area (Å²) in [5.41, 5.74) is 5.65.